The number of hydrogen-bond acceptors (Lipinski definition) is 7. The van der Waals surface area contributed by atoms with Gasteiger partial charge in [0.15, 0.2) is 5.82 Å². The highest BCUT2D eigenvalue weighted by molar-refractivity contribution is 7.17. The summed E-state index contributed by atoms with van der Waals surface area (Å²) in [6, 6.07) is 11.2. The molecule has 0 saturated carbocycles. The molecule has 0 bridgehead atoms. The summed E-state index contributed by atoms with van der Waals surface area (Å²) in [5.74, 6) is 1.82. The van der Waals surface area contributed by atoms with Gasteiger partial charge in [-0.1, -0.05) is 30.3 Å². The number of fused-ring (bicyclic) bond motifs is 1. The molecule has 7 heteroatoms. The van der Waals surface area contributed by atoms with Crippen molar-refractivity contribution in [2.45, 2.75) is 38.5 Å². The Labute approximate surface area is 187 Å². The van der Waals surface area contributed by atoms with Crippen LogP contribution in [-0.4, -0.2) is 66.9 Å². The maximum absolute atomic E-state index is 5.74. The summed E-state index contributed by atoms with van der Waals surface area (Å²) in [7, 11) is 1.70. The monoisotopic (exact) mass is 438 g/mol. The van der Waals surface area contributed by atoms with E-state index in [1.165, 1.54) is 16.5 Å². The molecule has 3 aromatic rings. The lowest BCUT2D eigenvalue weighted by molar-refractivity contribution is -0.0373. The highest BCUT2D eigenvalue weighted by Gasteiger charge is 2.30. The van der Waals surface area contributed by atoms with Crippen molar-refractivity contribution in [1.82, 2.24) is 14.9 Å². The molecular weight excluding hydrogens is 408 g/mol. The fourth-order valence-electron chi connectivity index (χ4n) is 4.84. The maximum atomic E-state index is 5.74. The number of benzene rings is 1. The minimum atomic E-state index is 0.337. The molecule has 0 aliphatic carbocycles. The van der Waals surface area contributed by atoms with E-state index in [4.69, 9.17) is 19.4 Å². The highest BCUT2D eigenvalue weighted by atomic mass is 32.1. The molecule has 1 aromatic carbocycles. The van der Waals surface area contributed by atoms with Crippen LogP contribution < -0.4 is 4.90 Å². The van der Waals surface area contributed by atoms with Crippen LogP contribution in [0.15, 0.2) is 35.7 Å². The molecule has 2 aliphatic rings. The number of thiophene rings is 1. The average molecular weight is 439 g/mol. The second kappa shape index (κ2) is 9.20. The number of nitrogens with zero attached hydrogens (tertiary/aromatic N) is 4. The molecule has 2 aliphatic heterocycles. The molecule has 6 nitrogen and oxygen atoms in total. The quantitative estimate of drug-likeness (QED) is 0.595. The van der Waals surface area contributed by atoms with Crippen molar-refractivity contribution in [1.29, 1.82) is 0 Å². The zero-order valence-corrected chi connectivity index (χ0v) is 19.1. The summed E-state index contributed by atoms with van der Waals surface area (Å²) in [6.45, 7) is 7.58. The molecule has 164 valence electrons. The lowest BCUT2D eigenvalue weighted by Crippen LogP contribution is -2.51. The van der Waals surface area contributed by atoms with E-state index in [1.807, 2.05) is 0 Å². The number of aromatic nitrogens is 2. The van der Waals surface area contributed by atoms with E-state index in [-0.39, 0.29) is 0 Å². The SMILES string of the molecule is COCc1nc(N2CCC(N3CCOC(C)C3)CC2)c2c(-c3ccccc3)csc2n1. The third kappa shape index (κ3) is 4.32. The molecule has 0 N–H and O–H groups in total. The van der Waals surface area contributed by atoms with E-state index in [9.17, 15) is 0 Å². The number of hydrogen-bond donors (Lipinski definition) is 0. The second-order valence-corrected chi connectivity index (χ2v) is 9.34. The van der Waals surface area contributed by atoms with Crippen LogP contribution in [0.25, 0.3) is 21.3 Å². The number of rotatable bonds is 5. The predicted molar refractivity (Wildman–Crippen MR) is 126 cm³/mol. The van der Waals surface area contributed by atoms with Crippen molar-refractivity contribution in [3.8, 4) is 11.1 Å². The van der Waals surface area contributed by atoms with E-state index < -0.39 is 0 Å². The van der Waals surface area contributed by atoms with Gasteiger partial charge in [-0.2, -0.15) is 0 Å². The van der Waals surface area contributed by atoms with Crippen LogP contribution in [0.3, 0.4) is 0 Å². The number of piperidine rings is 1. The summed E-state index contributed by atoms with van der Waals surface area (Å²) in [5, 5.41) is 3.39. The molecule has 2 fully saturated rings. The van der Waals surface area contributed by atoms with E-state index in [0.717, 1.165) is 62.1 Å². The molecule has 4 heterocycles. The molecule has 0 spiro atoms. The van der Waals surface area contributed by atoms with Gasteiger partial charge >= 0.3 is 0 Å². The van der Waals surface area contributed by atoms with Gasteiger partial charge in [-0.3, -0.25) is 4.90 Å². The van der Waals surface area contributed by atoms with Crippen LogP contribution in [0.4, 0.5) is 5.82 Å². The second-order valence-electron chi connectivity index (χ2n) is 8.49. The smallest absolute Gasteiger partial charge is 0.158 e. The van der Waals surface area contributed by atoms with Crippen molar-refractivity contribution >= 4 is 27.4 Å². The molecular formula is C24H30N4O2S. The minimum absolute atomic E-state index is 0.337. The number of methoxy groups -OCH3 is 1. The van der Waals surface area contributed by atoms with Crippen LogP contribution >= 0.6 is 11.3 Å². The Hall–Kier alpha value is -2.06. The lowest BCUT2D eigenvalue weighted by Gasteiger charge is -2.42. The Kier molecular flexibility index (Phi) is 6.18. The molecule has 1 unspecified atom stereocenters. The van der Waals surface area contributed by atoms with Crippen molar-refractivity contribution in [2.75, 3.05) is 44.8 Å². The largest absolute Gasteiger partial charge is 0.377 e. The summed E-state index contributed by atoms with van der Waals surface area (Å²) in [4.78, 5) is 15.9. The van der Waals surface area contributed by atoms with E-state index in [2.05, 4.69) is 52.4 Å². The van der Waals surface area contributed by atoms with Gasteiger partial charge in [0.1, 0.15) is 17.3 Å². The van der Waals surface area contributed by atoms with Crippen molar-refractivity contribution in [2.24, 2.45) is 0 Å². The zero-order valence-electron chi connectivity index (χ0n) is 18.3. The fraction of sp³-hybridized carbons (Fsp3) is 0.500. The van der Waals surface area contributed by atoms with Crippen LogP contribution in [0.5, 0.6) is 0 Å². The standard InChI is InChI=1S/C24H30N4O2S/c1-17-14-28(12-13-30-17)19-8-10-27(11-9-19)23-22-20(18-6-4-3-5-7-18)16-31-24(22)26-21(25-23)15-29-2/h3-7,16-17,19H,8-15H2,1-2H3. The van der Waals surface area contributed by atoms with Gasteiger partial charge < -0.3 is 14.4 Å². The zero-order chi connectivity index (χ0) is 21.2. The van der Waals surface area contributed by atoms with Gasteiger partial charge in [0.2, 0.25) is 0 Å². The van der Waals surface area contributed by atoms with E-state index >= 15 is 0 Å². The molecule has 1 atom stereocenters. The Bertz CT molecular complexity index is 1020. The molecule has 2 aromatic heterocycles. The lowest BCUT2D eigenvalue weighted by atomic mass is 10.0. The Morgan fingerprint density at radius 2 is 1.94 bits per heavy atom. The van der Waals surface area contributed by atoms with Gasteiger partial charge in [0.25, 0.3) is 0 Å². The molecule has 0 amide bonds. The normalized spacial score (nSPS) is 21.1. The highest BCUT2D eigenvalue weighted by Crippen LogP contribution is 2.39. The van der Waals surface area contributed by atoms with E-state index in [1.54, 1.807) is 18.4 Å². The van der Waals surface area contributed by atoms with Gasteiger partial charge in [-0.25, -0.2) is 9.97 Å². The first-order valence-electron chi connectivity index (χ1n) is 11.2. The summed E-state index contributed by atoms with van der Waals surface area (Å²) >= 11 is 1.70. The summed E-state index contributed by atoms with van der Waals surface area (Å²) in [6.07, 6.45) is 2.65. The molecule has 5 rings (SSSR count). The first-order chi connectivity index (χ1) is 15.2. The van der Waals surface area contributed by atoms with Crippen molar-refractivity contribution in [3.05, 3.63) is 41.5 Å². The number of morpholine rings is 1. The topological polar surface area (TPSA) is 50.7 Å². The predicted octanol–water partition coefficient (Wildman–Crippen LogP) is 4.19. The van der Waals surface area contributed by atoms with E-state index in [0.29, 0.717) is 18.8 Å². The number of ether oxygens (including phenoxy) is 2. The molecule has 31 heavy (non-hydrogen) atoms. The van der Waals surface area contributed by atoms with Crippen molar-refractivity contribution < 1.29 is 9.47 Å². The van der Waals surface area contributed by atoms with Crippen molar-refractivity contribution in [3.63, 3.8) is 0 Å². The van der Waals surface area contributed by atoms with Crippen LogP contribution in [-0.2, 0) is 16.1 Å². The summed E-state index contributed by atoms with van der Waals surface area (Å²) in [5.41, 5.74) is 2.44. The first-order valence-corrected chi connectivity index (χ1v) is 12.0. The Morgan fingerprint density at radius 1 is 1.13 bits per heavy atom. The maximum Gasteiger partial charge on any atom is 0.158 e. The van der Waals surface area contributed by atoms with Gasteiger partial charge in [0.05, 0.1) is 18.1 Å². The molecule has 2 saturated heterocycles. The van der Waals surface area contributed by atoms with Gasteiger partial charge in [-0.05, 0) is 25.3 Å². The van der Waals surface area contributed by atoms with Crippen LogP contribution in [0, 0.1) is 0 Å². The number of anilines is 1. The fourth-order valence-corrected chi connectivity index (χ4v) is 5.80. The van der Waals surface area contributed by atoms with Gasteiger partial charge in [-0.15, -0.1) is 11.3 Å². The van der Waals surface area contributed by atoms with Gasteiger partial charge in [0, 0.05) is 50.3 Å². The Morgan fingerprint density at radius 3 is 2.68 bits per heavy atom. The average Bonchev–Trinajstić information content (AvgIpc) is 3.24. The summed E-state index contributed by atoms with van der Waals surface area (Å²) < 4.78 is 11.1. The molecule has 0 radical (unpaired) electrons. The van der Waals surface area contributed by atoms with Crippen LogP contribution in [0.1, 0.15) is 25.6 Å². The third-order valence-corrected chi connectivity index (χ3v) is 7.24. The minimum Gasteiger partial charge on any atom is -0.377 e. The third-order valence-electron chi connectivity index (χ3n) is 6.37. The first kappa shape index (κ1) is 20.8. The Balaban J connectivity index is 1.45. The van der Waals surface area contributed by atoms with Crippen LogP contribution in [0.2, 0.25) is 0 Å².